The maximum atomic E-state index is 12.4. The molecule has 1 aromatic carbocycles. The van der Waals surface area contributed by atoms with E-state index < -0.39 is 0 Å². The molecule has 0 atom stereocenters. The number of nitrogens with zero attached hydrogens (tertiary/aromatic N) is 1. The number of rotatable bonds is 4. The molecule has 98 valence electrons. The van der Waals surface area contributed by atoms with Crippen LogP contribution in [0.1, 0.15) is 23.7 Å². The van der Waals surface area contributed by atoms with E-state index >= 15 is 0 Å². The predicted octanol–water partition coefficient (Wildman–Crippen LogP) is 2.66. The van der Waals surface area contributed by atoms with Gasteiger partial charge in [-0.15, -0.1) is 11.8 Å². The monoisotopic (exact) mass is 265 g/mol. The van der Waals surface area contributed by atoms with E-state index in [-0.39, 0.29) is 5.91 Å². The van der Waals surface area contributed by atoms with Gasteiger partial charge in [-0.2, -0.15) is 0 Å². The van der Waals surface area contributed by atoms with Crippen molar-refractivity contribution in [1.29, 1.82) is 0 Å². The topological polar surface area (TPSA) is 29.5 Å². The van der Waals surface area contributed by atoms with Crippen molar-refractivity contribution < 1.29 is 9.53 Å². The molecule has 1 aliphatic heterocycles. The van der Waals surface area contributed by atoms with Crippen LogP contribution in [0.25, 0.3) is 0 Å². The van der Waals surface area contributed by atoms with Crippen LogP contribution in [0.5, 0.6) is 0 Å². The fraction of sp³-hybridized carbons (Fsp3) is 0.500. The van der Waals surface area contributed by atoms with Crippen molar-refractivity contribution in [2.75, 3.05) is 32.1 Å². The SMILES string of the molecule is CCCSc1ccccc1C(=O)N1CCOCC1. The first-order chi connectivity index (χ1) is 8.83. The quantitative estimate of drug-likeness (QED) is 0.784. The molecule has 2 rings (SSSR count). The number of thioether (sulfide) groups is 1. The molecule has 0 aliphatic carbocycles. The lowest BCUT2D eigenvalue weighted by atomic mass is 10.2. The summed E-state index contributed by atoms with van der Waals surface area (Å²) in [5, 5.41) is 0. The van der Waals surface area contributed by atoms with Crippen molar-refractivity contribution in [3.8, 4) is 0 Å². The fourth-order valence-corrected chi connectivity index (χ4v) is 2.83. The highest BCUT2D eigenvalue weighted by molar-refractivity contribution is 7.99. The molecule has 0 saturated carbocycles. The zero-order chi connectivity index (χ0) is 12.8. The Morgan fingerprint density at radius 2 is 2.06 bits per heavy atom. The Labute approximate surface area is 113 Å². The minimum atomic E-state index is 0.137. The van der Waals surface area contributed by atoms with Gasteiger partial charge in [0.1, 0.15) is 0 Å². The Morgan fingerprint density at radius 3 is 2.78 bits per heavy atom. The molecule has 3 nitrogen and oxygen atoms in total. The summed E-state index contributed by atoms with van der Waals surface area (Å²) in [5.74, 6) is 1.19. The summed E-state index contributed by atoms with van der Waals surface area (Å²) in [4.78, 5) is 15.4. The lowest BCUT2D eigenvalue weighted by molar-refractivity contribution is 0.0300. The summed E-state index contributed by atoms with van der Waals surface area (Å²) in [7, 11) is 0. The standard InChI is InChI=1S/C14H19NO2S/c1-2-11-18-13-6-4-3-5-12(13)14(16)15-7-9-17-10-8-15/h3-6H,2,7-11H2,1H3. The first kappa shape index (κ1) is 13.4. The van der Waals surface area contributed by atoms with E-state index in [1.165, 1.54) is 0 Å². The van der Waals surface area contributed by atoms with Gasteiger partial charge in [0.2, 0.25) is 0 Å². The van der Waals surface area contributed by atoms with Crippen LogP contribution in [0.4, 0.5) is 0 Å². The van der Waals surface area contributed by atoms with E-state index in [9.17, 15) is 4.79 Å². The van der Waals surface area contributed by atoms with Gasteiger partial charge in [0, 0.05) is 18.0 Å². The first-order valence-electron chi connectivity index (χ1n) is 6.41. The van der Waals surface area contributed by atoms with Crippen LogP contribution in [0, 0.1) is 0 Å². The molecule has 1 saturated heterocycles. The van der Waals surface area contributed by atoms with Crippen molar-refractivity contribution in [3.05, 3.63) is 29.8 Å². The molecule has 0 aromatic heterocycles. The van der Waals surface area contributed by atoms with Gasteiger partial charge in [-0.05, 0) is 24.3 Å². The van der Waals surface area contributed by atoms with Crippen molar-refractivity contribution in [2.45, 2.75) is 18.2 Å². The molecule has 1 heterocycles. The largest absolute Gasteiger partial charge is 0.378 e. The maximum absolute atomic E-state index is 12.4. The van der Waals surface area contributed by atoms with E-state index in [1.807, 2.05) is 29.2 Å². The second-order valence-corrected chi connectivity index (χ2v) is 5.39. The molecule has 0 radical (unpaired) electrons. The average Bonchev–Trinajstić information content (AvgIpc) is 2.45. The lowest BCUT2D eigenvalue weighted by Crippen LogP contribution is -2.40. The number of benzene rings is 1. The molecule has 1 amide bonds. The van der Waals surface area contributed by atoms with E-state index in [0.29, 0.717) is 26.3 Å². The summed E-state index contributed by atoms with van der Waals surface area (Å²) in [6.07, 6.45) is 1.12. The Morgan fingerprint density at radius 1 is 1.33 bits per heavy atom. The number of morpholine rings is 1. The number of carbonyl (C=O) groups excluding carboxylic acids is 1. The molecule has 0 unspecified atom stereocenters. The third kappa shape index (κ3) is 3.27. The van der Waals surface area contributed by atoms with Gasteiger partial charge in [0.05, 0.1) is 18.8 Å². The summed E-state index contributed by atoms with van der Waals surface area (Å²) in [5.41, 5.74) is 0.831. The zero-order valence-electron chi connectivity index (χ0n) is 10.7. The number of ether oxygens (including phenoxy) is 1. The van der Waals surface area contributed by atoms with Crippen molar-refractivity contribution >= 4 is 17.7 Å². The van der Waals surface area contributed by atoms with Gasteiger partial charge in [0.15, 0.2) is 0 Å². The second-order valence-electron chi connectivity index (χ2n) is 4.25. The van der Waals surface area contributed by atoms with E-state index in [1.54, 1.807) is 11.8 Å². The van der Waals surface area contributed by atoms with E-state index in [0.717, 1.165) is 22.6 Å². The highest BCUT2D eigenvalue weighted by Crippen LogP contribution is 2.24. The molecule has 4 heteroatoms. The minimum Gasteiger partial charge on any atom is -0.378 e. The molecule has 18 heavy (non-hydrogen) atoms. The minimum absolute atomic E-state index is 0.137. The van der Waals surface area contributed by atoms with Gasteiger partial charge < -0.3 is 9.64 Å². The molecule has 0 spiro atoms. The van der Waals surface area contributed by atoms with Gasteiger partial charge in [0.25, 0.3) is 5.91 Å². The molecule has 1 aromatic rings. The van der Waals surface area contributed by atoms with Crippen LogP contribution in [-0.4, -0.2) is 42.9 Å². The van der Waals surface area contributed by atoms with Gasteiger partial charge in [-0.3, -0.25) is 4.79 Å². The fourth-order valence-electron chi connectivity index (χ4n) is 1.92. The molecule has 0 N–H and O–H groups in total. The number of hydrogen-bond donors (Lipinski definition) is 0. The van der Waals surface area contributed by atoms with Gasteiger partial charge in [-0.25, -0.2) is 0 Å². The molecular weight excluding hydrogens is 246 g/mol. The van der Waals surface area contributed by atoms with E-state index in [2.05, 4.69) is 6.92 Å². The number of carbonyl (C=O) groups is 1. The smallest absolute Gasteiger partial charge is 0.255 e. The highest BCUT2D eigenvalue weighted by Gasteiger charge is 2.20. The molecule has 0 bridgehead atoms. The normalized spacial score (nSPS) is 15.7. The van der Waals surface area contributed by atoms with Crippen LogP contribution in [0.3, 0.4) is 0 Å². The van der Waals surface area contributed by atoms with Crippen LogP contribution in [0.2, 0.25) is 0 Å². The lowest BCUT2D eigenvalue weighted by Gasteiger charge is -2.27. The highest BCUT2D eigenvalue weighted by atomic mass is 32.2. The Hall–Kier alpha value is -1.00. The number of amides is 1. The second kappa shape index (κ2) is 6.81. The van der Waals surface area contributed by atoms with Crippen molar-refractivity contribution in [2.24, 2.45) is 0 Å². The Bertz CT molecular complexity index is 403. The van der Waals surface area contributed by atoms with Crippen molar-refractivity contribution in [1.82, 2.24) is 4.90 Å². The zero-order valence-corrected chi connectivity index (χ0v) is 11.5. The van der Waals surface area contributed by atoms with E-state index in [4.69, 9.17) is 4.74 Å². The predicted molar refractivity (Wildman–Crippen MR) is 74.2 cm³/mol. The van der Waals surface area contributed by atoms with Crippen molar-refractivity contribution in [3.63, 3.8) is 0 Å². The summed E-state index contributed by atoms with van der Waals surface area (Å²) >= 11 is 1.76. The summed E-state index contributed by atoms with van der Waals surface area (Å²) in [6.45, 7) is 4.85. The van der Waals surface area contributed by atoms with Crippen LogP contribution in [-0.2, 0) is 4.74 Å². The first-order valence-corrected chi connectivity index (χ1v) is 7.40. The average molecular weight is 265 g/mol. The molecule has 1 fully saturated rings. The van der Waals surface area contributed by atoms with Crippen LogP contribution >= 0.6 is 11.8 Å². The van der Waals surface area contributed by atoms with Gasteiger partial charge in [-0.1, -0.05) is 19.1 Å². The van der Waals surface area contributed by atoms with Crippen LogP contribution < -0.4 is 0 Å². The third-order valence-corrected chi connectivity index (χ3v) is 4.16. The third-order valence-electron chi connectivity index (χ3n) is 2.88. The molecular formula is C14H19NO2S. The Balaban J connectivity index is 2.12. The Kier molecular flexibility index (Phi) is 5.08. The number of hydrogen-bond acceptors (Lipinski definition) is 3. The van der Waals surface area contributed by atoms with Gasteiger partial charge >= 0.3 is 0 Å². The maximum Gasteiger partial charge on any atom is 0.255 e. The molecule has 1 aliphatic rings. The summed E-state index contributed by atoms with van der Waals surface area (Å²) in [6, 6.07) is 7.89. The summed E-state index contributed by atoms with van der Waals surface area (Å²) < 4.78 is 5.28. The van der Waals surface area contributed by atoms with Crippen LogP contribution in [0.15, 0.2) is 29.2 Å².